The molecular formula is C23H28N4O2. The summed E-state index contributed by atoms with van der Waals surface area (Å²) in [6.07, 6.45) is 0. The van der Waals surface area contributed by atoms with Crippen LogP contribution in [0.1, 0.15) is 25.1 Å². The van der Waals surface area contributed by atoms with E-state index in [4.69, 9.17) is 14.5 Å². The summed E-state index contributed by atoms with van der Waals surface area (Å²) in [6.45, 7) is 7.00. The fraction of sp³-hybridized carbons (Fsp3) is 0.304. The van der Waals surface area contributed by atoms with E-state index < -0.39 is 0 Å². The number of rotatable bonds is 8. The van der Waals surface area contributed by atoms with Gasteiger partial charge in [0.05, 0.1) is 19.9 Å². The number of ether oxygens (including phenoxy) is 2. The summed E-state index contributed by atoms with van der Waals surface area (Å²) in [5, 5.41) is 3.35. The van der Waals surface area contributed by atoms with Crippen LogP contribution in [0.5, 0.6) is 11.5 Å². The van der Waals surface area contributed by atoms with Crippen molar-refractivity contribution in [1.29, 1.82) is 0 Å². The molecular weight excluding hydrogens is 364 g/mol. The van der Waals surface area contributed by atoms with Crippen LogP contribution < -0.4 is 19.7 Å². The van der Waals surface area contributed by atoms with E-state index in [1.54, 1.807) is 14.2 Å². The number of hydrogen-bond acceptors (Lipinski definition) is 6. The van der Waals surface area contributed by atoms with Gasteiger partial charge in [0.1, 0.15) is 17.3 Å². The number of hydrogen-bond donors (Lipinski definition) is 1. The minimum Gasteiger partial charge on any atom is -0.497 e. The summed E-state index contributed by atoms with van der Waals surface area (Å²) in [7, 11) is 3.28. The quantitative estimate of drug-likeness (QED) is 0.585. The Morgan fingerprint density at radius 2 is 1.72 bits per heavy atom. The first-order chi connectivity index (χ1) is 14.0. The molecule has 3 aromatic rings. The van der Waals surface area contributed by atoms with E-state index in [0.29, 0.717) is 17.5 Å². The van der Waals surface area contributed by atoms with Crippen molar-refractivity contribution in [2.45, 2.75) is 33.4 Å². The molecule has 0 fully saturated rings. The number of nitrogens with zero attached hydrogens (tertiary/aromatic N) is 3. The smallest absolute Gasteiger partial charge is 0.228 e. The normalized spacial score (nSPS) is 10.7. The van der Waals surface area contributed by atoms with Crippen LogP contribution in [0.25, 0.3) is 0 Å². The number of aromatic nitrogens is 2. The lowest BCUT2D eigenvalue weighted by atomic mass is 10.2. The molecule has 0 aliphatic rings. The molecule has 0 radical (unpaired) electrons. The molecule has 0 aliphatic heterocycles. The van der Waals surface area contributed by atoms with Gasteiger partial charge in [0.15, 0.2) is 0 Å². The molecule has 3 rings (SSSR count). The highest BCUT2D eigenvalue weighted by atomic mass is 16.5. The summed E-state index contributed by atoms with van der Waals surface area (Å²) in [6, 6.07) is 18.1. The first-order valence-corrected chi connectivity index (χ1v) is 9.65. The first-order valence-electron chi connectivity index (χ1n) is 9.65. The van der Waals surface area contributed by atoms with Gasteiger partial charge in [-0.2, -0.15) is 4.98 Å². The summed E-state index contributed by atoms with van der Waals surface area (Å²) >= 11 is 0. The molecule has 0 aliphatic carbocycles. The third-order valence-corrected chi connectivity index (χ3v) is 4.59. The lowest BCUT2D eigenvalue weighted by Gasteiger charge is -2.27. The van der Waals surface area contributed by atoms with Crippen LogP contribution in [-0.4, -0.2) is 30.2 Å². The first kappa shape index (κ1) is 20.5. The van der Waals surface area contributed by atoms with E-state index >= 15 is 0 Å². The van der Waals surface area contributed by atoms with Crippen LogP contribution in [-0.2, 0) is 6.54 Å². The van der Waals surface area contributed by atoms with Gasteiger partial charge in [-0.25, -0.2) is 4.98 Å². The van der Waals surface area contributed by atoms with Gasteiger partial charge in [-0.05, 0) is 38.5 Å². The lowest BCUT2D eigenvalue weighted by molar-refractivity contribution is 0.405. The number of anilines is 3. The van der Waals surface area contributed by atoms with Gasteiger partial charge in [-0.1, -0.05) is 30.3 Å². The maximum atomic E-state index is 5.47. The molecule has 0 saturated heterocycles. The molecule has 0 saturated carbocycles. The Balaban J connectivity index is 1.93. The molecule has 0 atom stereocenters. The van der Waals surface area contributed by atoms with E-state index in [9.17, 15) is 0 Å². The van der Waals surface area contributed by atoms with Gasteiger partial charge in [0.2, 0.25) is 5.95 Å². The van der Waals surface area contributed by atoms with Crippen molar-refractivity contribution >= 4 is 17.5 Å². The lowest BCUT2D eigenvalue weighted by Crippen LogP contribution is -2.32. The zero-order valence-electron chi connectivity index (χ0n) is 17.6. The Hall–Kier alpha value is -3.28. The fourth-order valence-electron chi connectivity index (χ4n) is 3.06. The number of methoxy groups -OCH3 is 2. The molecule has 0 spiro atoms. The third kappa shape index (κ3) is 5.16. The molecule has 1 N–H and O–H groups in total. The summed E-state index contributed by atoms with van der Waals surface area (Å²) in [5.74, 6) is 2.85. The van der Waals surface area contributed by atoms with Crippen molar-refractivity contribution in [3.63, 3.8) is 0 Å². The summed E-state index contributed by atoms with van der Waals surface area (Å²) in [5.41, 5.74) is 2.89. The van der Waals surface area contributed by atoms with Gasteiger partial charge >= 0.3 is 0 Å². The molecule has 1 heterocycles. The monoisotopic (exact) mass is 392 g/mol. The van der Waals surface area contributed by atoms with Crippen molar-refractivity contribution in [1.82, 2.24) is 9.97 Å². The second-order valence-corrected chi connectivity index (χ2v) is 7.09. The van der Waals surface area contributed by atoms with Crippen LogP contribution in [0.2, 0.25) is 0 Å². The Kier molecular flexibility index (Phi) is 6.54. The summed E-state index contributed by atoms with van der Waals surface area (Å²) in [4.78, 5) is 11.7. The van der Waals surface area contributed by atoms with Crippen molar-refractivity contribution in [2.24, 2.45) is 0 Å². The zero-order chi connectivity index (χ0) is 20.8. The fourth-order valence-corrected chi connectivity index (χ4v) is 3.06. The van der Waals surface area contributed by atoms with Gasteiger partial charge in [-0.15, -0.1) is 0 Å². The largest absolute Gasteiger partial charge is 0.497 e. The third-order valence-electron chi connectivity index (χ3n) is 4.59. The molecule has 2 aromatic carbocycles. The standard InChI is InChI=1S/C23H28N4O2/c1-16(2)27(15-18-9-7-6-8-10-18)23-24-17(3)13-22(26-23)25-20-14-19(28-4)11-12-21(20)29-5/h6-14,16H,15H2,1-5H3,(H,24,25,26). The van der Waals surface area contributed by atoms with Crippen molar-refractivity contribution < 1.29 is 9.47 Å². The highest BCUT2D eigenvalue weighted by Crippen LogP contribution is 2.31. The Bertz CT molecular complexity index is 945. The average Bonchev–Trinajstić information content (AvgIpc) is 2.72. The molecule has 1 aromatic heterocycles. The van der Waals surface area contributed by atoms with Crippen molar-refractivity contribution in [2.75, 3.05) is 24.4 Å². The van der Waals surface area contributed by atoms with Crippen LogP contribution >= 0.6 is 0 Å². The minimum atomic E-state index is 0.246. The molecule has 6 heteroatoms. The van der Waals surface area contributed by atoms with Gasteiger partial charge in [0.25, 0.3) is 0 Å². The maximum Gasteiger partial charge on any atom is 0.228 e. The number of aryl methyl sites for hydroxylation is 1. The molecule has 6 nitrogen and oxygen atoms in total. The van der Waals surface area contributed by atoms with E-state index in [-0.39, 0.29) is 6.04 Å². The van der Waals surface area contributed by atoms with E-state index in [1.165, 1.54) is 5.56 Å². The van der Waals surface area contributed by atoms with Crippen LogP contribution in [0.15, 0.2) is 54.6 Å². The second-order valence-electron chi connectivity index (χ2n) is 7.09. The zero-order valence-corrected chi connectivity index (χ0v) is 17.6. The van der Waals surface area contributed by atoms with Crippen LogP contribution in [0, 0.1) is 6.92 Å². The van der Waals surface area contributed by atoms with Gasteiger partial charge in [0, 0.05) is 30.4 Å². The molecule has 0 bridgehead atoms. The highest BCUT2D eigenvalue weighted by molar-refractivity contribution is 5.67. The van der Waals surface area contributed by atoms with E-state index in [2.05, 4.69) is 41.2 Å². The molecule has 0 amide bonds. The molecule has 0 unspecified atom stereocenters. The topological polar surface area (TPSA) is 59.5 Å². The second kappa shape index (κ2) is 9.28. The Morgan fingerprint density at radius 3 is 2.38 bits per heavy atom. The predicted molar refractivity (Wildman–Crippen MR) is 117 cm³/mol. The molecule has 152 valence electrons. The molecule has 29 heavy (non-hydrogen) atoms. The van der Waals surface area contributed by atoms with Crippen LogP contribution in [0.3, 0.4) is 0 Å². The summed E-state index contributed by atoms with van der Waals surface area (Å²) < 4.78 is 10.8. The van der Waals surface area contributed by atoms with E-state index in [0.717, 1.165) is 23.7 Å². The van der Waals surface area contributed by atoms with E-state index in [1.807, 2.05) is 49.4 Å². The average molecular weight is 393 g/mol. The Labute approximate surface area is 172 Å². The predicted octanol–water partition coefficient (Wildman–Crippen LogP) is 4.96. The van der Waals surface area contributed by atoms with Crippen molar-refractivity contribution in [3.05, 3.63) is 65.9 Å². The number of nitrogens with one attached hydrogen (secondary N) is 1. The van der Waals surface area contributed by atoms with Gasteiger partial charge < -0.3 is 19.7 Å². The van der Waals surface area contributed by atoms with Gasteiger partial charge in [-0.3, -0.25) is 0 Å². The van der Waals surface area contributed by atoms with Crippen molar-refractivity contribution in [3.8, 4) is 11.5 Å². The number of benzene rings is 2. The minimum absolute atomic E-state index is 0.246. The highest BCUT2D eigenvalue weighted by Gasteiger charge is 2.16. The maximum absolute atomic E-state index is 5.47. The SMILES string of the molecule is COc1ccc(OC)c(Nc2cc(C)nc(N(Cc3ccccc3)C(C)C)n2)c1. The Morgan fingerprint density at radius 1 is 0.966 bits per heavy atom. The van der Waals surface area contributed by atoms with Crippen LogP contribution in [0.4, 0.5) is 17.5 Å².